The van der Waals surface area contributed by atoms with Crippen molar-refractivity contribution in [3.8, 4) is 12.1 Å². The van der Waals surface area contributed by atoms with Crippen LogP contribution in [0.4, 0.5) is 0 Å². The summed E-state index contributed by atoms with van der Waals surface area (Å²) in [4.78, 5) is 0. The minimum atomic E-state index is -0.545. The van der Waals surface area contributed by atoms with Crippen LogP contribution in [0.3, 0.4) is 0 Å². The summed E-state index contributed by atoms with van der Waals surface area (Å²) in [6, 6.07) is 14.3. The summed E-state index contributed by atoms with van der Waals surface area (Å²) in [5, 5.41) is 20.7. The Labute approximate surface area is 154 Å². The van der Waals surface area contributed by atoms with Gasteiger partial charge in [-0.15, -0.1) is 0 Å². The first kappa shape index (κ1) is 17.9. The molecule has 2 aromatic rings. The molecule has 2 aromatic carbocycles. The van der Waals surface area contributed by atoms with Gasteiger partial charge < -0.3 is 0 Å². The number of halogens is 4. The molecule has 2 rings (SSSR count). The Balaban J connectivity index is 2.33. The van der Waals surface area contributed by atoms with Crippen LogP contribution in [0, 0.1) is 22.7 Å². The van der Waals surface area contributed by atoms with Crippen molar-refractivity contribution in [1.82, 2.24) is 0 Å². The van der Waals surface area contributed by atoms with Crippen LogP contribution in [0.1, 0.15) is 29.4 Å². The zero-order chi connectivity index (χ0) is 17.0. The van der Waals surface area contributed by atoms with E-state index in [1.807, 2.05) is 0 Å². The number of nitrogens with zero attached hydrogens (tertiary/aromatic N) is 2. The summed E-state index contributed by atoms with van der Waals surface area (Å²) in [6.45, 7) is 0. The van der Waals surface area contributed by atoms with Crippen molar-refractivity contribution in [2.45, 2.75) is 18.3 Å². The van der Waals surface area contributed by atoms with Crippen LogP contribution in [-0.4, -0.2) is 0 Å². The Morgan fingerprint density at radius 1 is 0.739 bits per heavy atom. The van der Waals surface area contributed by atoms with Crippen LogP contribution in [0.5, 0.6) is 0 Å². The highest BCUT2D eigenvalue weighted by Gasteiger charge is 2.23. The van der Waals surface area contributed by atoms with Crippen LogP contribution >= 0.6 is 46.4 Å². The molecule has 0 aromatic heterocycles. The third kappa shape index (κ3) is 4.31. The standard InChI is InChI=1S/C17H10Cl4N2/c18-12-1-3-14(16(20)6-12)10(8-22)5-11(9-23)15-4-2-13(19)7-17(15)21/h1-4,6-7,10-11H,5H2/t10-,11+. The number of rotatable bonds is 4. The first-order chi connectivity index (χ1) is 11.0. The van der Waals surface area contributed by atoms with Crippen molar-refractivity contribution in [3.63, 3.8) is 0 Å². The summed E-state index contributed by atoms with van der Waals surface area (Å²) in [6.07, 6.45) is 0.274. The molecule has 2 atom stereocenters. The van der Waals surface area contributed by atoms with Crippen molar-refractivity contribution in [1.29, 1.82) is 10.5 Å². The van der Waals surface area contributed by atoms with Gasteiger partial charge in [-0.25, -0.2) is 0 Å². The second-order valence-corrected chi connectivity index (χ2v) is 6.62. The lowest BCUT2D eigenvalue weighted by Gasteiger charge is -2.16. The van der Waals surface area contributed by atoms with Crippen LogP contribution in [0.2, 0.25) is 20.1 Å². The van der Waals surface area contributed by atoms with Gasteiger partial charge in [-0.2, -0.15) is 10.5 Å². The third-order valence-electron chi connectivity index (χ3n) is 3.46. The SMILES string of the molecule is N#C[C@H](C[C@H](C#N)c1ccc(Cl)cc1Cl)c1ccc(Cl)cc1Cl. The molecule has 0 aliphatic carbocycles. The molecule has 23 heavy (non-hydrogen) atoms. The monoisotopic (exact) mass is 382 g/mol. The fourth-order valence-electron chi connectivity index (χ4n) is 2.30. The smallest absolute Gasteiger partial charge is 0.0742 e. The number of hydrogen-bond donors (Lipinski definition) is 0. The highest BCUT2D eigenvalue weighted by molar-refractivity contribution is 6.35. The van der Waals surface area contributed by atoms with Gasteiger partial charge in [0.05, 0.1) is 24.0 Å². The van der Waals surface area contributed by atoms with E-state index in [0.29, 0.717) is 31.2 Å². The van der Waals surface area contributed by atoms with Gasteiger partial charge in [0, 0.05) is 20.1 Å². The average molecular weight is 384 g/mol. The molecule has 0 unspecified atom stereocenters. The maximum Gasteiger partial charge on any atom is 0.0742 e. The van der Waals surface area contributed by atoms with Gasteiger partial charge in [0.2, 0.25) is 0 Å². The third-order valence-corrected chi connectivity index (χ3v) is 4.58. The number of hydrogen-bond acceptors (Lipinski definition) is 2. The van der Waals surface area contributed by atoms with Crippen LogP contribution in [-0.2, 0) is 0 Å². The van der Waals surface area contributed by atoms with Crippen molar-refractivity contribution in [2.75, 3.05) is 0 Å². The maximum atomic E-state index is 9.47. The van der Waals surface area contributed by atoms with E-state index >= 15 is 0 Å². The zero-order valence-corrected chi connectivity index (χ0v) is 14.8. The molecule has 6 heteroatoms. The van der Waals surface area contributed by atoms with Crippen molar-refractivity contribution >= 4 is 46.4 Å². The van der Waals surface area contributed by atoms with Crippen molar-refractivity contribution in [3.05, 3.63) is 67.6 Å². The molecule has 0 bridgehead atoms. The lowest BCUT2D eigenvalue weighted by atomic mass is 9.86. The van der Waals surface area contributed by atoms with E-state index in [0.717, 1.165) is 0 Å². The van der Waals surface area contributed by atoms with Gasteiger partial charge in [0.1, 0.15) is 0 Å². The first-order valence-corrected chi connectivity index (χ1v) is 8.16. The van der Waals surface area contributed by atoms with Crippen LogP contribution < -0.4 is 0 Å². The Bertz CT molecular complexity index is 738. The number of nitriles is 2. The lowest BCUT2D eigenvalue weighted by molar-refractivity contribution is 0.690. The average Bonchev–Trinajstić information content (AvgIpc) is 2.50. The molecule has 2 nitrogen and oxygen atoms in total. The highest BCUT2D eigenvalue weighted by Crippen LogP contribution is 2.36. The quantitative estimate of drug-likeness (QED) is 0.596. The van der Waals surface area contributed by atoms with Crippen LogP contribution in [0.15, 0.2) is 36.4 Å². The lowest BCUT2D eigenvalue weighted by Crippen LogP contribution is -2.05. The predicted molar refractivity (Wildman–Crippen MR) is 94.2 cm³/mol. The summed E-state index contributed by atoms with van der Waals surface area (Å²) in [5.74, 6) is -1.09. The largest absolute Gasteiger partial charge is 0.198 e. The fraction of sp³-hybridized carbons (Fsp3) is 0.176. The molecular weight excluding hydrogens is 374 g/mol. The summed E-state index contributed by atoms with van der Waals surface area (Å²) in [7, 11) is 0. The Morgan fingerprint density at radius 2 is 1.13 bits per heavy atom. The van der Waals surface area contributed by atoms with E-state index in [-0.39, 0.29) is 6.42 Å². The molecule has 0 saturated carbocycles. The van der Waals surface area contributed by atoms with Crippen molar-refractivity contribution in [2.24, 2.45) is 0 Å². The summed E-state index contributed by atoms with van der Waals surface area (Å²) >= 11 is 24.1. The molecule has 0 aliphatic heterocycles. The zero-order valence-electron chi connectivity index (χ0n) is 11.7. The van der Waals surface area contributed by atoms with Gasteiger partial charge in [-0.3, -0.25) is 0 Å². The highest BCUT2D eigenvalue weighted by atomic mass is 35.5. The summed E-state index contributed by atoms with van der Waals surface area (Å²) < 4.78 is 0. The molecule has 0 radical (unpaired) electrons. The van der Waals surface area contributed by atoms with Gasteiger partial charge in [-0.05, 0) is 41.8 Å². The molecule has 116 valence electrons. The number of benzene rings is 2. The van der Waals surface area contributed by atoms with E-state index in [2.05, 4.69) is 12.1 Å². The van der Waals surface area contributed by atoms with Gasteiger partial charge in [0.15, 0.2) is 0 Å². The fourth-order valence-corrected chi connectivity index (χ4v) is 3.38. The molecule has 0 heterocycles. The van der Waals surface area contributed by atoms with E-state index in [4.69, 9.17) is 46.4 Å². The second kappa shape index (κ2) is 7.91. The molecule has 0 saturated heterocycles. The first-order valence-electron chi connectivity index (χ1n) is 6.65. The normalized spacial score (nSPS) is 13.0. The van der Waals surface area contributed by atoms with Crippen molar-refractivity contribution < 1.29 is 0 Å². The second-order valence-electron chi connectivity index (χ2n) is 4.93. The van der Waals surface area contributed by atoms with E-state index in [1.54, 1.807) is 36.4 Å². The molecule has 0 N–H and O–H groups in total. The van der Waals surface area contributed by atoms with Gasteiger partial charge >= 0.3 is 0 Å². The molecule has 0 aliphatic rings. The molecule has 0 amide bonds. The Kier molecular flexibility index (Phi) is 6.17. The topological polar surface area (TPSA) is 47.6 Å². The van der Waals surface area contributed by atoms with Crippen LogP contribution in [0.25, 0.3) is 0 Å². The Morgan fingerprint density at radius 3 is 1.43 bits per heavy atom. The minimum Gasteiger partial charge on any atom is -0.198 e. The van der Waals surface area contributed by atoms with E-state index < -0.39 is 11.8 Å². The summed E-state index contributed by atoms with van der Waals surface area (Å²) in [5.41, 5.74) is 1.29. The van der Waals surface area contributed by atoms with Gasteiger partial charge in [-0.1, -0.05) is 58.5 Å². The minimum absolute atomic E-state index is 0.274. The predicted octanol–water partition coefficient (Wildman–Crippen LogP) is 6.60. The molecule has 0 fully saturated rings. The van der Waals surface area contributed by atoms with E-state index in [1.165, 1.54) is 0 Å². The maximum absolute atomic E-state index is 9.47. The molecule has 0 spiro atoms. The Hall–Kier alpha value is -1.42. The van der Waals surface area contributed by atoms with E-state index in [9.17, 15) is 10.5 Å². The molecular formula is C17H10Cl4N2. The van der Waals surface area contributed by atoms with Gasteiger partial charge in [0.25, 0.3) is 0 Å².